The van der Waals surface area contributed by atoms with Gasteiger partial charge >= 0.3 is 29.9 Å². The van der Waals surface area contributed by atoms with Crippen LogP contribution >= 0.6 is 0 Å². The van der Waals surface area contributed by atoms with Crippen molar-refractivity contribution in [1.82, 2.24) is 0 Å². The fourth-order valence-corrected chi connectivity index (χ4v) is 19.1. The average Bonchev–Trinajstić information content (AvgIpc) is 1.58. The Morgan fingerprint density at radius 1 is 0.354 bits per heavy atom. The number of hydrogen-bond acceptors (Lipinski definition) is 24. The lowest BCUT2D eigenvalue weighted by molar-refractivity contribution is -0.198. The fourth-order valence-electron chi connectivity index (χ4n) is 18.6. The molecule has 8 saturated heterocycles. The summed E-state index contributed by atoms with van der Waals surface area (Å²) in [4.78, 5) is 10.7. The molecular weight excluding hydrogens is 1720 g/mol. The van der Waals surface area contributed by atoms with E-state index in [0.717, 1.165) is 194 Å². The van der Waals surface area contributed by atoms with Gasteiger partial charge in [-0.1, -0.05) is 67.9 Å². The van der Waals surface area contributed by atoms with Gasteiger partial charge in [0.05, 0.1) is 140 Å². The Balaban J connectivity index is 0.000000181. The molecule has 0 bridgehead atoms. The third kappa shape index (κ3) is 29.5. The van der Waals surface area contributed by atoms with E-state index in [9.17, 15) is 64.4 Å². The highest BCUT2D eigenvalue weighted by molar-refractivity contribution is 7.87. The van der Waals surface area contributed by atoms with Gasteiger partial charge < -0.3 is 100 Å². The van der Waals surface area contributed by atoms with E-state index in [-0.39, 0.29) is 161 Å². The van der Waals surface area contributed by atoms with Crippen molar-refractivity contribution >= 4 is 30.1 Å². The Bertz CT molecular complexity index is 3380. The third-order valence-corrected chi connectivity index (χ3v) is 33.7. The number of ether oxygens (including phenoxy) is 12. The molecule has 130 heavy (non-hydrogen) atoms. The summed E-state index contributed by atoms with van der Waals surface area (Å²) in [6, 6.07) is 0. The van der Waals surface area contributed by atoms with Crippen LogP contribution in [0.3, 0.4) is 0 Å². The third-order valence-electron chi connectivity index (χ3n) is 32.7. The number of halogens is 7. The van der Waals surface area contributed by atoms with E-state index in [2.05, 4.69) is 65.6 Å². The zero-order chi connectivity index (χ0) is 96.8. The number of aliphatic hydroxyl groups excluding tert-OH is 4. The van der Waals surface area contributed by atoms with Gasteiger partial charge in [0, 0.05) is 102 Å². The van der Waals surface area contributed by atoms with Gasteiger partial charge in [0.15, 0.2) is 35.1 Å². The van der Waals surface area contributed by atoms with Crippen molar-refractivity contribution in [3.63, 3.8) is 0 Å². The van der Waals surface area contributed by atoms with Crippen LogP contribution in [0, 0.1) is 43.3 Å². The van der Waals surface area contributed by atoms with Gasteiger partial charge in [0.1, 0.15) is 11.5 Å². The summed E-state index contributed by atoms with van der Waals surface area (Å²) in [6.07, 6.45) is 29.9. The van der Waals surface area contributed by atoms with Crippen LogP contribution in [0.4, 0.5) is 30.7 Å². The van der Waals surface area contributed by atoms with Gasteiger partial charge in [0.2, 0.25) is 0 Å². The first-order chi connectivity index (χ1) is 60.4. The molecule has 8 heterocycles. The first kappa shape index (κ1) is 113. The Kier molecular flexibility index (Phi) is 39.2. The number of allylic oxidation sites excluding steroid dienone is 4. The van der Waals surface area contributed by atoms with Gasteiger partial charge in [-0.25, -0.2) is 0 Å². The molecular formula is C96H167B2F7O24S. The van der Waals surface area contributed by atoms with Gasteiger partial charge in [-0.3, -0.25) is 22.4 Å². The Morgan fingerprint density at radius 2 is 0.646 bits per heavy atom. The Labute approximate surface area is 774 Å². The maximum Gasteiger partial charge on any atom is 0.534 e. The van der Waals surface area contributed by atoms with Gasteiger partial charge in [-0.2, -0.15) is 21.6 Å². The second-order valence-corrected chi connectivity index (χ2v) is 46.5. The fraction of sp³-hybridized carbons (Fsp3) is 0.948. The molecule has 0 amide bonds. The second kappa shape index (κ2) is 45.1. The standard InChI is InChI=1S/C14H24BFO2.C13H25BO4.C11H20O3.C11H20O2.C10H17FO2.C10H18O4.C10H18O3.C9H12F4O3S.C8H13FO/c1-12(2)13(3,4)18-15(17-12)11-6-8-14(5,10-16)9-7-11;1-10(2)11(3,4)16-9(15-10)14-17-12(5,6)13(7,8)18-14;1-2-10(9-12)3-5-11(6-4-10)13-7-8-14-11;1-3-10(2)4-6-11(7-5-10)12-8-9-13-11;1-9(8-11)2-4-10(5-3-9)12-6-7-13-10;11-7-9(8-12)1-3-10(4-2-9)13-5-6-14-10;1-9(8-11)2-4-10(5-3-9)12-6-7-13-10;1-8(6-10)4-2-7(3-5-8)16-17(14,15)9(11,12)13;1-8(6-9)4-2-7(10)3-5-8/h6H,7-10H2,1-5H3;9H,1-8H3;12H,2-9H2,1H3;3-9H2,1-2H3;2-8H2,1H3;11-12H,1-8H2;11H,2-8H2,1H3;2H,3-6H2,1H3;2-6H2,1H3. The zero-order valence-electron chi connectivity index (χ0n) is 82.7. The average molecular weight is 1890 g/mol. The molecule has 0 aromatic carbocycles. The number of carbonyl (C=O) groups excluding carboxylic acids is 1. The molecule has 2 unspecified atom stereocenters. The van der Waals surface area contributed by atoms with Crippen LogP contribution in [0.5, 0.6) is 0 Å². The lowest BCUT2D eigenvalue weighted by Gasteiger charge is -2.42. The minimum Gasteiger partial charge on any atom is -0.400 e. The monoisotopic (exact) mass is 1890 g/mol. The predicted octanol–water partition coefficient (Wildman–Crippen LogP) is 19.5. The van der Waals surface area contributed by atoms with E-state index in [1.54, 1.807) is 6.92 Å². The van der Waals surface area contributed by atoms with E-state index in [1.165, 1.54) is 30.8 Å². The number of rotatable bonds is 14. The summed E-state index contributed by atoms with van der Waals surface area (Å²) in [5, 5.41) is 37.1. The number of Topliss-reactive ketones (excluding diaryl/α,β-unsaturated/α-hetero) is 1. The van der Waals surface area contributed by atoms with Crippen molar-refractivity contribution in [3.05, 3.63) is 23.4 Å². The second-order valence-electron chi connectivity index (χ2n) is 45.0. The summed E-state index contributed by atoms with van der Waals surface area (Å²) in [6.45, 7) is 47.6. The summed E-state index contributed by atoms with van der Waals surface area (Å²) >= 11 is 0. The van der Waals surface area contributed by atoms with E-state index >= 15 is 0 Å². The van der Waals surface area contributed by atoms with E-state index in [1.807, 2.05) is 76.2 Å². The van der Waals surface area contributed by atoms with E-state index < -0.39 is 46.8 Å². The highest BCUT2D eigenvalue weighted by Gasteiger charge is 2.62. The summed E-state index contributed by atoms with van der Waals surface area (Å²) < 4.78 is 204. The SMILES string of the molecule is CC1(C)OB(C2OC(C)(C)C(C)(C)O2)OC1(C)C.CC1(CF)CC=C(B2OC(C)(C)C(C)(C)O2)CC1.CC1(CF)CC=C(OS(=O)(=O)C(F)(F)F)CC1.CC1(CF)CCC(=O)CC1.CC1(CF)CCC2(CC1)OCCO2.CC1(CO)CCC2(CC1)OCCO2.CCC1(C)CCC2(CC1)OCCO2.CCC1(CO)CCC2(CC1)OCCO2.OCC1(CO)CCC2(CC1)OCCO2. The first-order valence-electron chi connectivity index (χ1n) is 48.4. The van der Waals surface area contributed by atoms with Crippen LogP contribution in [0.15, 0.2) is 23.4 Å². The maximum atomic E-state index is 12.9. The summed E-state index contributed by atoms with van der Waals surface area (Å²) in [5.41, 5.74) is -6.95. The van der Waals surface area contributed by atoms with Gasteiger partial charge in [-0.05, 0) is 248 Å². The first-order valence-corrected chi connectivity index (χ1v) is 49.8. The molecule has 756 valence electrons. The number of hydrogen-bond donors (Lipinski definition) is 4. The molecule has 2 atom stereocenters. The van der Waals surface area contributed by atoms with Crippen molar-refractivity contribution in [2.45, 2.75) is 418 Å². The molecule has 6 saturated carbocycles. The van der Waals surface area contributed by atoms with Crippen molar-refractivity contribution in [2.24, 2.45) is 43.3 Å². The lowest BCUT2D eigenvalue weighted by Crippen LogP contribution is -2.43. The Morgan fingerprint density at radius 3 is 0.931 bits per heavy atom. The zero-order valence-corrected chi connectivity index (χ0v) is 83.6. The summed E-state index contributed by atoms with van der Waals surface area (Å²) in [7, 11) is -6.33. The molecule has 16 aliphatic rings. The minimum absolute atomic E-state index is 0.0181. The highest BCUT2D eigenvalue weighted by Crippen LogP contribution is 2.53. The van der Waals surface area contributed by atoms with Crippen LogP contribution in [0.2, 0.25) is 0 Å². The predicted molar refractivity (Wildman–Crippen MR) is 482 cm³/mol. The van der Waals surface area contributed by atoms with Crippen LogP contribution in [-0.2, 0) is 94.6 Å². The topological polar surface area (TPSA) is 289 Å². The smallest absolute Gasteiger partial charge is 0.400 e. The van der Waals surface area contributed by atoms with Crippen molar-refractivity contribution < 1.29 is 144 Å². The Hall–Kier alpha value is -2.26. The summed E-state index contributed by atoms with van der Waals surface area (Å²) in [5.74, 6) is -1.45. The largest absolute Gasteiger partial charge is 0.534 e. The van der Waals surface area contributed by atoms with Crippen molar-refractivity contribution in [2.75, 3.05) is 119 Å². The van der Waals surface area contributed by atoms with Crippen LogP contribution in [-0.4, -0.2) is 242 Å². The van der Waals surface area contributed by atoms with Crippen LogP contribution in [0.1, 0.15) is 344 Å². The molecule has 34 heteroatoms. The van der Waals surface area contributed by atoms with Crippen molar-refractivity contribution in [1.29, 1.82) is 0 Å². The van der Waals surface area contributed by atoms with Crippen molar-refractivity contribution in [3.8, 4) is 0 Å². The molecule has 0 radical (unpaired) electrons. The molecule has 8 aliphatic heterocycles. The molecule has 5 spiro atoms. The number of carbonyl (C=O) groups is 1. The molecule has 8 aliphatic carbocycles. The van der Waals surface area contributed by atoms with Gasteiger partial charge in [-0.15, -0.1) is 0 Å². The van der Waals surface area contributed by atoms with Crippen LogP contribution < -0.4 is 0 Å². The van der Waals surface area contributed by atoms with Gasteiger partial charge in [0.25, 0.3) is 0 Å². The van der Waals surface area contributed by atoms with E-state index in [0.29, 0.717) is 57.1 Å². The number of aliphatic hydroxyl groups is 4. The minimum atomic E-state index is -5.60. The molecule has 4 N–H and O–H groups in total. The molecule has 0 aromatic rings. The van der Waals surface area contributed by atoms with Crippen LogP contribution in [0.25, 0.3) is 0 Å². The van der Waals surface area contributed by atoms with E-state index in [4.69, 9.17) is 75.5 Å². The molecule has 14 fully saturated rings. The molecule has 16 rings (SSSR count). The maximum absolute atomic E-state index is 12.9. The number of ketones is 1. The lowest BCUT2D eigenvalue weighted by atomic mass is 9.67. The molecule has 24 nitrogen and oxygen atoms in total. The highest BCUT2D eigenvalue weighted by atomic mass is 32.2. The normalized spacial score (nSPS) is 30.4. The number of alkyl halides is 7. The molecule has 0 aromatic heterocycles. The quantitative estimate of drug-likeness (QED) is 0.0544.